The van der Waals surface area contributed by atoms with Crippen LogP contribution in [0.4, 0.5) is 26.3 Å². The Balaban J connectivity index is 1.97. The fourth-order valence-electron chi connectivity index (χ4n) is 5.15. The van der Waals surface area contributed by atoms with Gasteiger partial charge in [0.25, 0.3) is 0 Å². The molecule has 1 atom stereocenters. The number of hydrogen-bond acceptors (Lipinski definition) is 2. The maximum Gasteiger partial charge on any atom is 0.416 e. The molecule has 2 aromatic rings. The minimum atomic E-state index is -5.00. The molecule has 1 aliphatic rings. The molecule has 0 aromatic heterocycles. The molecular weight excluding hydrogens is 466 g/mol. The average molecular weight is 497 g/mol. The predicted octanol–water partition coefficient (Wildman–Crippen LogP) is 7.98. The van der Waals surface area contributed by atoms with Crippen molar-refractivity contribution in [1.29, 1.82) is 5.26 Å². The van der Waals surface area contributed by atoms with E-state index >= 15 is 0 Å². The quantitative estimate of drug-likeness (QED) is 0.312. The monoisotopic (exact) mass is 496 g/mol. The van der Waals surface area contributed by atoms with Gasteiger partial charge in [0, 0.05) is 6.54 Å². The van der Waals surface area contributed by atoms with Crippen LogP contribution >= 0.6 is 0 Å². The van der Waals surface area contributed by atoms with Gasteiger partial charge in [-0.1, -0.05) is 49.7 Å². The molecule has 2 aromatic carbocycles. The molecule has 1 saturated carbocycles. The molecule has 1 aliphatic carbocycles. The topological polar surface area (TPSA) is 27.0 Å². The van der Waals surface area contributed by atoms with Crippen LogP contribution in [0.3, 0.4) is 0 Å². The van der Waals surface area contributed by atoms with Gasteiger partial charge >= 0.3 is 12.4 Å². The van der Waals surface area contributed by atoms with E-state index in [4.69, 9.17) is 0 Å². The Kier molecular flexibility index (Phi) is 8.53. The lowest BCUT2D eigenvalue weighted by atomic mass is 9.59. The molecule has 0 aliphatic heterocycles. The lowest BCUT2D eigenvalue weighted by Crippen LogP contribution is -2.42. The Bertz CT molecular complexity index is 973. The summed E-state index contributed by atoms with van der Waals surface area (Å²) in [7, 11) is 0. The minimum absolute atomic E-state index is 0.0562. The number of nitrogens with zero attached hydrogens (tertiary/aromatic N) is 2. The third-order valence-corrected chi connectivity index (χ3v) is 6.96. The summed E-state index contributed by atoms with van der Waals surface area (Å²) < 4.78 is 83.9. The Hall–Kier alpha value is -2.53. The van der Waals surface area contributed by atoms with Crippen LogP contribution in [0.2, 0.25) is 0 Å². The molecule has 0 saturated heterocycles. The van der Waals surface area contributed by atoms with E-state index in [-0.39, 0.29) is 6.42 Å². The molecule has 0 N–H and O–H groups in total. The van der Waals surface area contributed by atoms with Gasteiger partial charge in [-0.15, -0.1) is 0 Å². The maximum absolute atomic E-state index is 14.0. The van der Waals surface area contributed by atoms with Crippen LogP contribution in [0.15, 0.2) is 48.5 Å². The van der Waals surface area contributed by atoms with Crippen LogP contribution in [-0.2, 0) is 24.3 Å². The SMILES string of the molecule is CCCN(CCCC(C#N)(c1c(C(F)(F)F)cccc1C(F)(F)F)C1CCC1)Cc1ccccc1. The fourth-order valence-corrected chi connectivity index (χ4v) is 5.15. The number of nitriles is 1. The van der Waals surface area contributed by atoms with Gasteiger partial charge in [-0.2, -0.15) is 31.6 Å². The van der Waals surface area contributed by atoms with E-state index in [9.17, 15) is 31.6 Å². The van der Waals surface area contributed by atoms with E-state index in [0.29, 0.717) is 50.9 Å². The van der Waals surface area contributed by atoms with E-state index in [1.807, 2.05) is 43.3 Å². The molecule has 190 valence electrons. The van der Waals surface area contributed by atoms with E-state index in [2.05, 4.69) is 4.90 Å². The van der Waals surface area contributed by atoms with E-state index < -0.39 is 40.4 Å². The first-order chi connectivity index (χ1) is 16.5. The molecule has 0 spiro atoms. The van der Waals surface area contributed by atoms with Gasteiger partial charge in [-0.25, -0.2) is 0 Å². The van der Waals surface area contributed by atoms with Gasteiger partial charge in [0.2, 0.25) is 0 Å². The van der Waals surface area contributed by atoms with Gasteiger partial charge < -0.3 is 0 Å². The Morgan fingerprint density at radius 3 is 1.94 bits per heavy atom. The highest BCUT2D eigenvalue weighted by atomic mass is 19.4. The third kappa shape index (κ3) is 6.19. The molecule has 0 bridgehead atoms. The van der Waals surface area contributed by atoms with Crippen molar-refractivity contribution in [2.75, 3.05) is 13.1 Å². The number of halogens is 6. The summed E-state index contributed by atoms with van der Waals surface area (Å²) in [5.41, 5.74) is -4.36. The van der Waals surface area contributed by atoms with Gasteiger partial charge in [-0.3, -0.25) is 4.90 Å². The molecular formula is C27H30F6N2. The molecule has 1 fully saturated rings. The Morgan fingerprint density at radius 1 is 0.886 bits per heavy atom. The van der Waals surface area contributed by atoms with Crippen molar-refractivity contribution in [2.45, 2.75) is 69.8 Å². The second-order valence-corrected chi connectivity index (χ2v) is 9.30. The number of alkyl halides is 6. The van der Waals surface area contributed by atoms with Crippen LogP contribution in [0, 0.1) is 17.2 Å². The Labute approximate surface area is 202 Å². The zero-order chi connectivity index (χ0) is 25.7. The van der Waals surface area contributed by atoms with Crippen molar-refractivity contribution < 1.29 is 26.3 Å². The molecule has 0 amide bonds. The second-order valence-electron chi connectivity index (χ2n) is 9.30. The lowest BCUT2D eigenvalue weighted by Gasteiger charge is -2.43. The molecule has 3 rings (SSSR count). The van der Waals surface area contributed by atoms with Crippen LogP contribution in [0.25, 0.3) is 0 Å². The van der Waals surface area contributed by atoms with Gasteiger partial charge in [0.1, 0.15) is 0 Å². The van der Waals surface area contributed by atoms with Crippen LogP contribution in [0.1, 0.15) is 67.7 Å². The Morgan fingerprint density at radius 2 is 1.49 bits per heavy atom. The summed E-state index contributed by atoms with van der Waals surface area (Å²) in [5.74, 6) is -0.536. The highest BCUT2D eigenvalue weighted by molar-refractivity contribution is 5.49. The number of hydrogen-bond donors (Lipinski definition) is 0. The fraction of sp³-hybridized carbons (Fsp3) is 0.519. The zero-order valence-corrected chi connectivity index (χ0v) is 19.7. The van der Waals surface area contributed by atoms with Crippen LogP contribution in [0.5, 0.6) is 0 Å². The number of rotatable bonds is 10. The van der Waals surface area contributed by atoms with Gasteiger partial charge in [-0.05, 0) is 74.4 Å². The molecule has 2 nitrogen and oxygen atoms in total. The average Bonchev–Trinajstić information content (AvgIpc) is 2.76. The molecule has 35 heavy (non-hydrogen) atoms. The summed E-state index contributed by atoms with van der Waals surface area (Å²) in [4.78, 5) is 2.14. The largest absolute Gasteiger partial charge is 0.416 e. The summed E-state index contributed by atoms with van der Waals surface area (Å²) in [6.07, 6.45) is -7.29. The summed E-state index contributed by atoms with van der Waals surface area (Å²) in [6, 6.07) is 13.8. The van der Waals surface area contributed by atoms with Crippen molar-refractivity contribution in [1.82, 2.24) is 4.90 Å². The minimum Gasteiger partial charge on any atom is -0.299 e. The predicted molar refractivity (Wildman–Crippen MR) is 122 cm³/mol. The molecule has 8 heteroatoms. The highest BCUT2D eigenvalue weighted by Gasteiger charge is 2.52. The molecule has 1 unspecified atom stereocenters. The first-order valence-corrected chi connectivity index (χ1v) is 12.0. The summed E-state index contributed by atoms with van der Waals surface area (Å²) >= 11 is 0. The van der Waals surface area contributed by atoms with Crippen molar-refractivity contribution >= 4 is 0 Å². The van der Waals surface area contributed by atoms with E-state index in [1.54, 1.807) is 0 Å². The van der Waals surface area contributed by atoms with Crippen molar-refractivity contribution in [3.63, 3.8) is 0 Å². The normalized spacial score (nSPS) is 16.5. The second kappa shape index (κ2) is 11.0. The zero-order valence-electron chi connectivity index (χ0n) is 19.7. The van der Waals surface area contributed by atoms with Crippen LogP contribution < -0.4 is 0 Å². The van der Waals surface area contributed by atoms with Crippen molar-refractivity contribution in [2.24, 2.45) is 5.92 Å². The highest BCUT2D eigenvalue weighted by Crippen LogP contribution is 2.53. The van der Waals surface area contributed by atoms with Crippen molar-refractivity contribution in [3.8, 4) is 6.07 Å². The van der Waals surface area contributed by atoms with Gasteiger partial charge in [0.15, 0.2) is 0 Å². The first kappa shape index (κ1) is 27.1. The van der Waals surface area contributed by atoms with E-state index in [1.165, 1.54) is 0 Å². The molecule has 0 heterocycles. The van der Waals surface area contributed by atoms with E-state index in [0.717, 1.165) is 24.6 Å². The van der Waals surface area contributed by atoms with Gasteiger partial charge in [0.05, 0.1) is 22.6 Å². The molecule has 0 radical (unpaired) electrons. The van der Waals surface area contributed by atoms with Crippen LogP contribution in [-0.4, -0.2) is 18.0 Å². The van der Waals surface area contributed by atoms with Crippen molar-refractivity contribution in [3.05, 3.63) is 70.8 Å². The summed E-state index contributed by atoms with van der Waals surface area (Å²) in [6.45, 7) is 3.87. The standard InChI is InChI=1S/C27H30F6N2/c1-2-16-35(18-20-9-4-3-5-10-20)17-8-15-25(19-34,21-11-6-12-21)24-22(26(28,29)30)13-7-14-23(24)27(31,32)33/h3-5,7,9-10,13-14,21H,2,6,8,11-12,15-18H2,1H3. The lowest BCUT2D eigenvalue weighted by molar-refractivity contribution is -0.145. The number of benzene rings is 2. The first-order valence-electron chi connectivity index (χ1n) is 12.0. The maximum atomic E-state index is 14.0. The smallest absolute Gasteiger partial charge is 0.299 e. The third-order valence-electron chi connectivity index (χ3n) is 6.96. The summed E-state index contributed by atoms with van der Waals surface area (Å²) in [5, 5.41) is 10.3.